The molecular weight excluding hydrogens is 282 g/mol. The minimum atomic E-state index is -4.04. The monoisotopic (exact) mass is 301 g/mol. The summed E-state index contributed by atoms with van der Waals surface area (Å²) in [7, 11) is -4.04. The summed E-state index contributed by atoms with van der Waals surface area (Å²) in [6.45, 7) is 5.13. The van der Waals surface area contributed by atoms with Crippen molar-refractivity contribution < 1.29 is 22.1 Å². The van der Waals surface area contributed by atoms with E-state index in [0.29, 0.717) is 0 Å². The number of hydrogen-bond donors (Lipinski definition) is 1. The van der Waals surface area contributed by atoms with Crippen molar-refractivity contribution in [3.05, 3.63) is 35.9 Å². The van der Waals surface area contributed by atoms with Crippen LogP contribution in [0.1, 0.15) is 32.4 Å². The first-order valence-electron chi connectivity index (χ1n) is 6.29. The van der Waals surface area contributed by atoms with E-state index in [1.54, 1.807) is 20.8 Å². The molecule has 1 fully saturated rings. The summed E-state index contributed by atoms with van der Waals surface area (Å²) in [5.74, 6) is -0.818. The maximum atomic E-state index is 11.1. The first-order chi connectivity index (χ1) is 9.18. The second-order valence-electron chi connectivity index (χ2n) is 5.23. The maximum absolute atomic E-state index is 11.1. The lowest BCUT2D eigenvalue weighted by Gasteiger charge is -2.22. The summed E-state index contributed by atoms with van der Waals surface area (Å²) >= 11 is 0. The molecule has 0 bridgehead atoms. The summed E-state index contributed by atoms with van der Waals surface area (Å²) < 4.78 is 38.5. The highest BCUT2D eigenvalue weighted by Gasteiger charge is 2.45. The molecule has 6 nitrogen and oxygen atoms in total. The van der Waals surface area contributed by atoms with Crippen LogP contribution in [0.3, 0.4) is 0 Å². The van der Waals surface area contributed by atoms with Crippen LogP contribution < -0.4 is 5.14 Å². The van der Waals surface area contributed by atoms with Gasteiger partial charge < -0.3 is 9.47 Å². The van der Waals surface area contributed by atoms with Gasteiger partial charge in [-0.1, -0.05) is 30.3 Å². The van der Waals surface area contributed by atoms with Gasteiger partial charge in [0.1, 0.15) is 18.3 Å². The third-order valence-corrected chi connectivity index (χ3v) is 3.58. The Morgan fingerprint density at radius 2 is 1.85 bits per heavy atom. The number of rotatable bonds is 4. The van der Waals surface area contributed by atoms with E-state index in [-0.39, 0.29) is 0 Å². The van der Waals surface area contributed by atoms with Gasteiger partial charge in [0, 0.05) is 0 Å². The first-order valence-corrected chi connectivity index (χ1v) is 7.77. The lowest BCUT2D eigenvalue weighted by molar-refractivity contribution is -0.153. The Morgan fingerprint density at radius 3 is 2.40 bits per heavy atom. The fourth-order valence-electron chi connectivity index (χ4n) is 2.30. The molecule has 7 heteroatoms. The molecule has 1 unspecified atom stereocenters. The molecule has 0 radical (unpaired) electrons. The SMILES string of the molecule is CC(OS(N)(=O)=O)[C@H]1OC(C)(C)O[C@H]1c1ccccc1. The van der Waals surface area contributed by atoms with Crippen molar-refractivity contribution in [2.45, 2.75) is 44.9 Å². The molecule has 1 saturated heterocycles. The average Bonchev–Trinajstić information content (AvgIpc) is 2.65. The van der Waals surface area contributed by atoms with Gasteiger partial charge in [-0.15, -0.1) is 0 Å². The first kappa shape index (κ1) is 15.4. The lowest BCUT2D eigenvalue weighted by Crippen LogP contribution is -2.35. The summed E-state index contributed by atoms with van der Waals surface area (Å²) in [5.41, 5.74) is 0.896. The van der Waals surface area contributed by atoms with E-state index in [9.17, 15) is 8.42 Å². The Hall–Kier alpha value is -0.990. The van der Waals surface area contributed by atoms with Crippen molar-refractivity contribution in [2.24, 2.45) is 5.14 Å². The van der Waals surface area contributed by atoms with E-state index >= 15 is 0 Å². The topological polar surface area (TPSA) is 87.9 Å². The van der Waals surface area contributed by atoms with Crippen LogP contribution in [0.5, 0.6) is 0 Å². The molecule has 0 aliphatic carbocycles. The zero-order valence-electron chi connectivity index (χ0n) is 11.6. The molecule has 1 heterocycles. The van der Waals surface area contributed by atoms with Gasteiger partial charge in [0.2, 0.25) is 0 Å². The van der Waals surface area contributed by atoms with Gasteiger partial charge in [-0.2, -0.15) is 8.42 Å². The Kier molecular flexibility index (Phi) is 4.17. The zero-order valence-corrected chi connectivity index (χ0v) is 12.5. The summed E-state index contributed by atoms with van der Waals surface area (Å²) in [6.07, 6.45) is -1.73. The largest absolute Gasteiger partial charge is 0.341 e. The second kappa shape index (κ2) is 5.42. The number of nitrogens with two attached hydrogens (primary N) is 1. The van der Waals surface area contributed by atoms with Gasteiger partial charge in [-0.3, -0.25) is 4.18 Å². The van der Waals surface area contributed by atoms with Gasteiger partial charge >= 0.3 is 10.3 Å². The normalized spacial score (nSPS) is 27.4. The van der Waals surface area contributed by atoms with E-state index in [0.717, 1.165) is 5.56 Å². The Labute approximate surface area is 119 Å². The van der Waals surface area contributed by atoms with Gasteiger partial charge in [-0.05, 0) is 26.3 Å². The molecule has 1 aliphatic heterocycles. The van der Waals surface area contributed by atoms with Crippen molar-refractivity contribution in [3.8, 4) is 0 Å². The van der Waals surface area contributed by atoms with Crippen LogP contribution in [0.4, 0.5) is 0 Å². The maximum Gasteiger partial charge on any atom is 0.333 e. The van der Waals surface area contributed by atoms with E-state index in [4.69, 9.17) is 18.8 Å². The Bertz CT molecular complexity index is 557. The molecular formula is C13H19NO5S. The van der Waals surface area contributed by atoms with E-state index < -0.39 is 34.4 Å². The molecule has 0 saturated carbocycles. The molecule has 1 aromatic carbocycles. The molecule has 112 valence electrons. The lowest BCUT2D eigenvalue weighted by atomic mass is 10.0. The summed E-state index contributed by atoms with van der Waals surface area (Å²) in [6, 6.07) is 9.44. The third-order valence-electron chi connectivity index (χ3n) is 3.01. The Morgan fingerprint density at radius 1 is 1.25 bits per heavy atom. The van der Waals surface area contributed by atoms with E-state index in [1.807, 2.05) is 30.3 Å². The predicted octanol–water partition coefficient (Wildman–Crippen LogP) is 1.49. The van der Waals surface area contributed by atoms with Crippen molar-refractivity contribution >= 4 is 10.3 Å². The van der Waals surface area contributed by atoms with Gasteiger partial charge in [0.05, 0.1) is 0 Å². The minimum Gasteiger partial charge on any atom is -0.341 e. The van der Waals surface area contributed by atoms with Crippen LogP contribution in [0.2, 0.25) is 0 Å². The van der Waals surface area contributed by atoms with Crippen LogP contribution in [0, 0.1) is 0 Å². The number of benzene rings is 1. The van der Waals surface area contributed by atoms with Crippen molar-refractivity contribution in [1.82, 2.24) is 0 Å². The van der Waals surface area contributed by atoms with Crippen LogP contribution in [0.25, 0.3) is 0 Å². The zero-order chi connectivity index (χ0) is 15.0. The highest BCUT2D eigenvalue weighted by molar-refractivity contribution is 7.84. The van der Waals surface area contributed by atoms with Crippen LogP contribution in [0.15, 0.2) is 30.3 Å². The number of ether oxygens (including phenoxy) is 2. The minimum absolute atomic E-state index is 0.414. The molecule has 3 atom stereocenters. The standard InChI is InChI=1S/C13H19NO5S/c1-9(19-20(14,15)16)11-12(18-13(2,3)17-11)10-7-5-4-6-8-10/h4-9,11-12H,1-3H3,(H2,14,15,16)/t9?,11-,12+/m1/s1. The molecule has 2 rings (SSSR count). The molecule has 2 N–H and O–H groups in total. The highest BCUT2D eigenvalue weighted by Crippen LogP contribution is 2.40. The predicted molar refractivity (Wildman–Crippen MR) is 72.9 cm³/mol. The van der Waals surface area contributed by atoms with Crippen molar-refractivity contribution in [1.29, 1.82) is 0 Å². The Balaban J connectivity index is 2.25. The van der Waals surface area contributed by atoms with Crippen molar-refractivity contribution in [3.63, 3.8) is 0 Å². The quantitative estimate of drug-likeness (QED) is 0.910. The average molecular weight is 301 g/mol. The van der Waals surface area contributed by atoms with Gasteiger partial charge in [-0.25, -0.2) is 5.14 Å². The molecule has 1 aromatic rings. The van der Waals surface area contributed by atoms with Crippen LogP contribution in [-0.2, 0) is 24.0 Å². The van der Waals surface area contributed by atoms with Gasteiger partial charge in [0.25, 0.3) is 0 Å². The molecule has 20 heavy (non-hydrogen) atoms. The molecule has 1 aliphatic rings. The highest BCUT2D eigenvalue weighted by atomic mass is 32.2. The van der Waals surface area contributed by atoms with Gasteiger partial charge in [0.15, 0.2) is 5.79 Å². The fourth-order valence-corrected chi connectivity index (χ4v) is 2.83. The van der Waals surface area contributed by atoms with E-state index in [2.05, 4.69) is 0 Å². The van der Waals surface area contributed by atoms with E-state index in [1.165, 1.54) is 0 Å². The summed E-state index contributed by atoms with van der Waals surface area (Å²) in [5, 5.41) is 4.91. The fraction of sp³-hybridized carbons (Fsp3) is 0.538. The van der Waals surface area contributed by atoms with Crippen molar-refractivity contribution in [2.75, 3.05) is 0 Å². The molecule has 0 amide bonds. The number of hydrogen-bond acceptors (Lipinski definition) is 5. The summed E-state index contributed by atoms with van der Waals surface area (Å²) in [4.78, 5) is 0. The third kappa shape index (κ3) is 3.77. The van der Waals surface area contributed by atoms with Crippen LogP contribution in [-0.4, -0.2) is 26.4 Å². The molecule has 0 spiro atoms. The van der Waals surface area contributed by atoms with Crippen LogP contribution >= 0.6 is 0 Å². The smallest absolute Gasteiger partial charge is 0.333 e. The molecule has 0 aromatic heterocycles. The second-order valence-corrected chi connectivity index (χ2v) is 6.40.